The van der Waals surface area contributed by atoms with Crippen LogP contribution in [0.4, 0.5) is 0 Å². The van der Waals surface area contributed by atoms with Crippen molar-refractivity contribution in [1.29, 1.82) is 0 Å². The molecular formula is C18H16O2. The average Bonchev–Trinajstić information content (AvgIpc) is 2.49. The van der Waals surface area contributed by atoms with Gasteiger partial charge in [-0.05, 0) is 54.1 Å². The molecule has 0 unspecified atom stereocenters. The summed E-state index contributed by atoms with van der Waals surface area (Å²) in [5.74, 6) is 2.56. The Hall–Kier alpha value is -2.48. The summed E-state index contributed by atoms with van der Waals surface area (Å²) in [6.45, 7) is 2.06. The van der Waals surface area contributed by atoms with E-state index in [1.807, 2.05) is 60.7 Å². The zero-order chi connectivity index (χ0) is 13.9. The van der Waals surface area contributed by atoms with Gasteiger partial charge in [0.05, 0.1) is 7.11 Å². The number of ether oxygens (including phenoxy) is 2. The second kappa shape index (κ2) is 5.25. The quantitative estimate of drug-likeness (QED) is 0.666. The van der Waals surface area contributed by atoms with Gasteiger partial charge < -0.3 is 9.47 Å². The minimum absolute atomic E-state index is 0.839. The minimum Gasteiger partial charge on any atom is -0.497 e. The third-order valence-corrected chi connectivity index (χ3v) is 3.28. The molecule has 0 aliphatic carbocycles. The third kappa shape index (κ3) is 2.59. The predicted molar refractivity (Wildman–Crippen MR) is 81.8 cm³/mol. The lowest BCUT2D eigenvalue weighted by Gasteiger charge is -2.08. The Kier molecular flexibility index (Phi) is 3.30. The van der Waals surface area contributed by atoms with Crippen molar-refractivity contribution >= 4 is 10.8 Å². The lowest BCUT2D eigenvalue weighted by atomic mass is 10.1. The highest BCUT2D eigenvalue weighted by Gasteiger charge is 2.01. The van der Waals surface area contributed by atoms with Crippen molar-refractivity contribution in [1.82, 2.24) is 0 Å². The maximum atomic E-state index is 5.87. The van der Waals surface area contributed by atoms with Crippen LogP contribution in [0.15, 0.2) is 60.7 Å². The first-order valence-corrected chi connectivity index (χ1v) is 6.57. The van der Waals surface area contributed by atoms with E-state index in [0.29, 0.717) is 0 Å². The highest BCUT2D eigenvalue weighted by Crippen LogP contribution is 2.27. The molecule has 3 rings (SSSR count). The van der Waals surface area contributed by atoms with Gasteiger partial charge in [-0.15, -0.1) is 0 Å². The molecule has 20 heavy (non-hydrogen) atoms. The maximum Gasteiger partial charge on any atom is 0.128 e. The van der Waals surface area contributed by atoms with E-state index in [2.05, 4.69) is 6.92 Å². The molecule has 0 aliphatic rings. The van der Waals surface area contributed by atoms with Gasteiger partial charge in [-0.3, -0.25) is 0 Å². The largest absolute Gasteiger partial charge is 0.497 e. The Bertz CT molecular complexity index is 730. The fourth-order valence-corrected chi connectivity index (χ4v) is 2.13. The first-order chi connectivity index (χ1) is 9.74. The highest BCUT2D eigenvalue weighted by atomic mass is 16.5. The van der Waals surface area contributed by atoms with Crippen LogP contribution in [0.5, 0.6) is 17.2 Å². The van der Waals surface area contributed by atoms with Gasteiger partial charge in [-0.25, -0.2) is 0 Å². The zero-order valence-corrected chi connectivity index (χ0v) is 11.6. The molecule has 100 valence electrons. The number of benzene rings is 3. The molecule has 0 aliphatic heterocycles. The second-order valence-electron chi connectivity index (χ2n) is 4.79. The fraction of sp³-hybridized carbons (Fsp3) is 0.111. The molecule has 0 fully saturated rings. The summed E-state index contributed by atoms with van der Waals surface area (Å²) in [6, 6.07) is 20.1. The monoisotopic (exact) mass is 264 g/mol. The van der Waals surface area contributed by atoms with Crippen LogP contribution in [-0.2, 0) is 0 Å². The molecular weight excluding hydrogens is 248 g/mol. The molecule has 0 aromatic heterocycles. The molecule has 0 spiro atoms. The minimum atomic E-state index is 0.839. The number of hydrogen-bond acceptors (Lipinski definition) is 2. The van der Waals surface area contributed by atoms with Crippen molar-refractivity contribution in [3.8, 4) is 17.2 Å². The molecule has 0 bridgehead atoms. The standard InChI is InChI=1S/C18H16O2/c1-13-3-7-16(8-4-13)20-18-10-6-14-11-17(19-2)9-5-15(14)12-18/h3-12H,1-2H3. The van der Waals surface area contributed by atoms with Crippen molar-refractivity contribution in [2.45, 2.75) is 6.92 Å². The molecule has 3 aromatic carbocycles. The van der Waals surface area contributed by atoms with E-state index in [1.54, 1.807) is 7.11 Å². The summed E-state index contributed by atoms with van der Waals surface area (Å²) in [7, 11) is 1.68. The SMILES string of the molecule is COc1ccc2cc(Oc3ccc(C)cc3)ccc2c1. The lowest BCUT2D eigenvalue weighted by Crippen LogP contribution is -1.86. The zero-order valence-electron chi connectivity index (χ0n) is 11.6. The molecule has 0 saturated carbocycles. The van der Waals surface area contributed by atoms with Gasteiger partial charge in [-0.2, -0.15) is 0 Å². The normalized spacial score (nSPS) is 10.5. The van der Waals surface area contributed by atoms with Crippen molar-refractivity contribution in [3.05, 3.63) is 66.2 Å². The van der Waals surface area contributed by atoms with Crippen molar-refractivity contribution in [2.75, 3.05) is 7.11 Å². The third-order valence-electron chi connectivity index (χ3n) is 3.28. The van der Waals surface area contributed by atoms with Gasteiger partial charge >= 0.3 is 0 Å². The van der Waals surface area contributed by atoms with Gasteiger partial charge in [0.25, 0.3) is 0 Å². The van der Waals surface area contributed by atoms with E-state index in [9.17, 15) is 0 Å². The summed E-state index contributed by atoms with van der Waals surface area (Å²) in [6.07, 6.45) is 0. The highest BCUT2D eigenvalue weighted by molar-refractivity contribution is 5.85. The molecule has 3 aromatic rings. The first kappa shape index (κ1) is 12.5. The van der Waals surface area contributed by atoms with Crippen molar-refractivity contribution in [3.63, 3.8) is 0 Å². The molecule has 2 nitrogen and oxygen atoms in total. The molecule has 0 radical (unpaired) electrons. The number of rotatable bonds is 3. The van der Waals surface area contributed by atoms with Crippen LogP contribution < -0.4 is 9.47 Å². The first-order valence-electron chi connectivity index (χ1n) is 6.57. The molecule has 0 saturated heterocycles. The van der Waals surface area contributed by atoms with Crippen LogP contribution in [-0.4, -0.2) is 7.11 Å². The van der Waals surface area contributed by atoms with Crippen molar-refractivity contribution in [2.24, 2.45) is 0 Å². The summed E-state index contributed by atoms with van der Waals surface area (Å²) in [4.78, 5) is 0. The molecule has 0 N–H and O–H groups in total. The van der Waals surface area contributed by atoms with Gasteiger partial charge in [-0.1, -0.05) is 29.8 Å². The van der Waals surface area contributed by atoms with Gasteiger partial charge in [0, 0.05) is 0 Å². The van der Waals surface area contributed by atoms with E-state index >= 15 is 0 Å². The summed E-state index contributed by atoms with van der Waals surface area (Å²) >= 11 is 0. The van der Waals surface area contributed by atoms with E-state index < -0.39 is 0 Å². The average molecular weight is 264 g/mol. The molecule has 0 atom stereocenters. The Morgan fingerprint density at radius 1 is 0.650 bits per heavy atom. The topological polar surface area (TPSA) is 18.5 Å². The Morgan fingerprint density at radius 3 is 1.85 bits per heavy atom. The Balaban J connectivity index is 1.90. The summed E-state index contributed by atoms with van der Waals surface area (Å²) < 4.78 is 11.1. The van der Waals surface area contributed by atoms with Gasteiger partial charge in [0.1, 0.15) is 17.2 Å². The summed E-state index contributed by atoms with van der Waals surface area (Å²) in [5.41, 5.74) is 1.22. The predicted octanol–water partition coefficient (Wildman–Crippen LogP) is 4.95. The fourth-order valence-electron chi connectivity index (χ4n) is 2.13. The van der Waals surface area contributed by atoms with E-state index in [4.69, 9.17) is 9.47 Å². The lowest BCUT2D eigenvalue weighted by molar-refractivity contribution is 0.415. The van der Waals surface area contributed by atoms with Crippen LogP contribution in [0.25, 0.3) is 10.8 Å². The Morgan fingerprint density at radius 2 is 1.20 bits per heavy atom. The van der Waals surface area contributed by atoms with Crippen LogP contribution in [0.2, 0.25) is 0 Å². The van der Waals surface area contributed by atoms with Crippen LogP contribution in [0, 0.1) is 6.92 Å². The van der Waals surface area contributed by atoms with Crippen LogP contribution in [0.1, 0.15) is 5.56 Å². The van der Waals surface area contributed by atoms with E-state index in [0.717, 1.165) is 28.0 Å². The second-order valence-corrected chi connectivity index (χ2v) is 4.79. The maximum absolute atomic E-state index is 5.87. The molecule has 0 amide bonds. The van der Waals surface area contributed by atoms with Crippen LogP contribution in [0.3, 0.4) is 0 Å². The molecule has 0 heterocycles. The van der Waals surface area contributed by atoms with Gasteiger partial charge in [0.2, 0.25) is 0 Å². The summed E-state index contributed by atoms with van der Waals surface area (Å²) in [5, 5.41) is 2.27. The Labute approximate surface area is 118 Å². The van der Waals surface area contributed by atoms with Crippen LogP contribution >= 0.6 is 0 Å². The number of aryl methyl sites for hydroxylation is 1. The van der Waals surface area contributed by atoms with Gasteiger partial charge in [0.15, 0.2) is 0 Å². The van der Waals surface area contributed by atoms with Crippen molar-refractivity contribution < 1.29 is 9.47 Å². The molecule has 2 heteroatoms. The van der Waals surface area contributed by atoms with E-state index in [1.165, 1.54) is 5.56 Å². The number of hydrogen-bond donors (Lipinski definition) is 0. The van der Waals surface area contributed by atoms with E-state index in [-0.39, 0.29) is 0 Å². The number of methoxy groups -OCH3 is 1. The number of fused-ring (bicyclic) bond motifs is 1. The smallest absolute Gasteiger partial charge is 0.128 e.